The number of nitrogens with zero attached hydrogens (tertiary/aromatic N) is 2. The van der Waals surface area contributed by atoms with Crippen LogP contribution in [-0.4, -0.2) is 27.5 Å². The van der Waals surface area contributed by atoms with Gasteiger partial charge >= 0.3 is 5.69 Å². The molecule has 7 heteroatoms. The second-order valence-corrected chi connectivity index (χ2v) is 7.83. The predicted octanol–water partition coefficient (Wildman–Crippen LogP) is 3.97. The van der Waals surface area contributed by atoms with E-state index in [1.807, 2.05) is 54.6 Å². The van der Waals surface area contributed by atoms with E-state index in [1.165, 1.54) is 0 Å². The first-order valence-electron chi connectivity index (χ1n) is 10.7. The van der Waals surface area contributed by atoms with Crippen LogP contribution in [0.5, 0.6) is 11.6 Å². The molecule has 0 atom stereocenters. The Morgan fingerprint density at radius 3 is 2.41 bits per heavy atom. The molecule has 2 heterocycles. The van der Waals surface area contributed by atoms with Gasteiger partial charge in [0.05, 0.1) is 25.1 Å². The molecule has 1 aliphatic heterocycles. The van der Waals surface area contributed by atoms with Gasteiger partial charge in [0, 0.05) is 16.7 Å². The number of hydrogen-bond acceptors (Lipinski definition) is 5. The predicted molar refractivity (Wildman–Crippen MR) is 132 cm³/mol. The first-order valence-corrected chi connectivity index (χ1v) is 10.7. The lowest BCUT2D eigenvalue weighted by molar-refractivity contribution is 0.407. The second kappa shape index (κ2) is 8.71. The summed E-state index contributed by atoms with van der Waals surface area (Å²) in [6, 6.07) is 24.3. The number of fused-ring (bicyclic) bond motifs is 1. The van der Waals surface area contributed by atoms with Gasteiger partial charge in [-0.25, -0.2) is 9.79 Å². The molecule has 34 heavy (non-hydrogen) atoms. The number of ether oxygens (including phenoxy) is 1. The molecule has 4 aromatic rings. The number of benzene rings is 3. The van der Waals surface area contributed by atoms with E-state index in [4.69, 9.17) is 9.73 Å². The molecule has 0 saturated heterocycles. The molecule has 0 unspecified atom stereocenters. The lowest BCUT2D eigenvalue weighted by Gasteiger charge is -2.12. The highest BCUT2D eigenvalue weighted by atomic mass is 16.5. The number of methoxy groups -OCH3 is 1. The molecule has 0 aliphatic carbocycles. The van der Waals surface area contributed by atoms with Gasteiger partial charge in [0.1, 0.15) is 11.3 Å². The van der Waals surface area contributed by atoms with Crippen molar-refractivity contribution in [1.82, 2.24) is 9.55 Å². The molecule has 3 aromatic carbocycles. The van der Waals surface area contributed by atoms with Gasteiger partial charge in [0.25, 0.3) is 5.56 Å². The van der Waals surface area contributed by atoms with Crippen LogP contribution in [0.4, 0.5) is 5.69 Å². The lowest BCUT2D eigenvalue weighted by Crippen LogP contribution is -2.31. The fourth-order valence-electron chi connectivity index (χ4n) is 3.98. The van der Waals surface area contributed by atoms with E-state index in [0.29, 0.717) is 17.0 Å². The Morgan fingerprint density at radius 2 is 1.68 bits per heavy atom. The van der Waals surface area contributed by atoms with Crippen molar-refractivity contribution in [3.63, 3.8) is 0 Å². The summed E-state index contributed by atoms with van der Waals surface area (Å²) in [5, 5.41) is 11.0. The zero-order valence-electron chi connectivity index (χ0n) is 18.4. The van der Waals surface area contributed by atoms with Crippen LogP contribution in [0.15, 0.2) is 93.4 Å². The number of aliphatic imine (C=N–C) groups is 1. The zero-order chi connectivity index (χ0) is 23.7. The Balaban J connectivity index is 1.63. The summed E-state index contributed by atoms with van der Waals surface area (Å²) in [4.78, 5) is 32.4. The number of aromatic nitrogens is 2. The van der Waals surface area contributed by atoms with Crippen LogP contribution in [-0.2, 0) is 6.54 Å². The van der Waals surface area contributed by atoms with Gasteiger partial charge in [-0.05, 0) is 29.8 Å². The molecule has 0 radical (unpaired) electrons. The maximum Gasteiger partial charge on any atom is 0.331 e. The summed E-state index contributed by atoms with van der Waals surface area (Å²) >= 11 is 0. The number of aromatic amines is 1. The third kappa shape index (κ3) is 3.84. The summed E-state index contributed by atoms with van der Waals surface area (Å²) in [6.07, 6.45) is 1.59. The molecule has 5 rings (SSSR count). The van der Waals surface area contributed by atoms with Crippen molar-refractivity contribution in [2.24, 2.45) is 4.99 Å². The third-order valence-electron chi connectivity index (χ3n) is 5.72. The zero-order valence-corrected chi connectivity index (χ0v) is 18.4. The average molecular weight is 451 g/mol. The summed E-state index contributed by atoms with van der Waals surface area (Å²) in [6.45, 7) is 0.0812. The van der Waals surface area contributed by atoms with E-state index >= 15 is 0 Å². The molecule has 0 saturated carbocycles. The monoisotopic (exact) mass is 451 g/mol. The van der Waals surface area contributed by atoms with Gasteiger partial charge in [-0.3, -0.25) is 14.3 Å². The summed E-state index contributed by atoms with van der Waals surface area (Å²) in [5.41, 5.74) is 3.27. The van der Waals surface area contributed by atoms with Crippen molar-refractivity contribution >= 4 is 23.0 Å². The van der Waals surface area contributed by atoms with Gasteiger partial charge in [0.15, 0.2) is 0 Å². The van der Waals surface area contributed by atoms with Crippen molar-refractivity contribution < 1.29 is 9.84 Å². The maximum atomic E-state index is 12.8. The van der Waals surface area contributed by atoms with Crippen molar-refractivity contribution in [3.05, 3.63) is 122 Å². The maximum absolute atomic E-state index is 12.8. The Bertz CT molecular complexity index is 1550. The summed E-state index contributed by atoms with van der Waals surface area (Å²) in [7, 11) is 1.57. The Hall–Kier alpha value is -4.65. The van der Waals surface area contributed by atoms with Crippen LogP contribution in [0.1, 0.15) is 22.3 Å². The quantitative estimate of drug-likeness (QED) is 0.480. The van der Waals surface area contributed by atoms with E-state index in [-0.39, 0.29) is 12.1 Å². The van der Waals surface area contributed by atoms with Gasteiger partial charge in [0.2, 0.25) is 5.88 Å². The van der Waals surface area contributed by atoms with Gasteiger partial charge in [-0.1, -0.05) is 60.7 Å². The van der Waals surface area contributed by atoms with E-state index in [0.717, 1.165) is 26.9 Å². The van der Waals surface area contributed by atoms with Crippen molar-refractivity contribution in [2.45, 2.75) is 6.54 Å². The van der Waals surface area contributed by atoms with Crippen LogP contribution < -0.4 is 16.0 Å². The number of aromatic hydroxyl groups is 1. The Labute approximate surface area is 195 Å². The van der Waals surface area contributed by atoms with E-state index < -0.39 is 17.1 Å². The fourth-order valence-corrected chi connectivity index (χ4v) is 3.98. The van der Waals surface area contributed by atoms with Crippen molar-refractivity contribution in [2.75, 3.05) is 7.11 Å². The largest absolute Gasteiger partial charge is 0.497 e. The Kier molecular flexibility index (Phi) is 5.43. The minimum absolute atomic E-state index is 0.0107. The van der Waals surface area contributed by atoms with Gasteiger partial charge in [-0.15, -0.1) is 0 Å². The average Bonchev–Trinajstić information content (AvgIpc) is 3.23. The molecule has 168 valence electrons. The smallest absolute Gasteiger partial charge is 0.331 e. The van der Waals surface area contributed by atoms with Crippen LogP contribution >= 0.6 is 0 Å². The SMILES string of the molecule is COc1ccc(Cn2c(O)c(/C=C3\C(c4ccccc4)=Nc4ccccc43)c(=O)[nH]c2=O)cc1. The van der Waals surface area contributed by atoms with Crippen LogP contribution in [0.3, 0.4) is 0 Å². The highest BCUT2D eigenvalue weighted by Gasteiger charge is 2.23. The molecule has 1 aliphatic rings. The van der Waals surface area contributed by atoms with Crippen LogP contribution in [0.2, 0.25) is 0 Å². The number of nitrogens with one attached hydrogen (secondary N) is 1. The standard InChI is InChI=1S/C27H21N3O4/c1-34-19-13-11-17(12-14-19)16-30-26(32)22(25(31)29-27(30)33)15-21-20-9-5-6-10-23(20)28-24(21)18-7-3-2-4-8-18/h2-15,32H,16H2,1H3,(H,29,31,33)/b21-15-. The van der Waals surface area contributed by atoms with Crippen molar-refractivity contribution in [1.29, 1.82) is 0 Å². The van der Waals surface area contributed by atoms with Gasteiger partial charge < -0.3 is 9.84 Å². The molecule has 1 aromatic heterocycles. The number of hydrogen-bond donors (Lipinski definition) is 2. The third-order valence-corrected chi connectivity index (χ3v) is 5.72. The molecule has 0 amide bonds. The lowest BCUT2D eigenvalue weighted by atomic mass is 9.96. The molecule has 0 fully saturated rings. The second-order valence-electron chi connectivity index (χ2n) is 7.83. The van der Waals surface area contributed by atoms with Crippen molar-refractivity contribution in [3.8, 4) is 11.6 Å². The van der Waals surface area contributed by atoms with E-state index in [9.17, 15) is 14.7 Å². The number of rotatable bonds is 5. The molecule has 0 spiro atoms. The summed E-state index contributed by atoms with van der Waals surface area (Å²) < 4.78 is 6.30. The van der Waals surface area contributed by atoms with E-state index in [2.05, 4.69) is 4.98 Å². The molecule has 2 N–H and O–H groups in total. The minimum atomic E-state index is -0.691. The normalized spacial score (nSPS) is 13.6. The number of para-hydroxylation sites is 1. The van der Waals surface area contributed by atoms with Crippen LogP contribution in [0, 0.1) is 0 Å². The molecular weight excluding hydrogens is 430 g/mol. The van der Waals surface area contributed by atoms with E-state index in [1.54, 1.807) is 37.5 Å². The van der Waals surface area contributed by atoms with Crippen LogP contribution in [0.25, 0.3) is 11.6 Å². The Morgan fingerprint density at radius 1 is 0.971 bits per heavy atom. The highest BCUT2D eigenvalue weighted by Crippen LogP contribution is 2.38. The molecular formula is C27H21N3O4. The first-order chi connectivity index (χ1) is 16.5. The topological polar surface area (TPSA) is 96.7 Å². The molecule has 7 nitrogen and oxygen atoms in total. The molecule has 0 bridgehead atoms. The summed E-state index contributed by atoms with van der Waals surface area (Å²) in [5.74, 6) is 0.272. The number of H-pyrrole nitrogens is 1. The number of allylic oxidation sites excluding steroid dienone is 1. The fraction of sp³-hybridized carbons (Fsp3) is 0.0741. The first kappa shape index (κ1) is 21.2. The van der Waals surface area contributed by atoms with Gasteiger partial charge in [-0.2, -0.15) is 0 Å². The minimum Gasteiger partial charge on any atom is -0.497 e. The highest BCUT2D eigenvalue weighted by molar-refractivity contribution is 6.39.